The summed E-state index contributed by atoms with van der Waals surface area (Å²) in [4.78, 5) is 47.6. The van der Waals surface area contributed by atoms with Crippen molar-refractivity contribution in [2.75, 3.05) is 26.7 Å². The molecule has 3 amide bonds. The summed E-state index contributed by atoms with van der Waals surface area (Å²) in [5.41, 5.74) is 0. The third kappa shape index (κ3) is 4.41. The average Bonchev–Trinajstić information content (AvgIpc) is 2.50. The predicted octanol–water partition coefficient (Wildman–Crippen LogP) is -1.21. The summed E-state index contributed by atoms with van der Waals surface area (Å²) in [5, 5.41) is 19.6. The van der Waals surface area contributed by atoms with Gasteiger partial charge < -0.3 is 25.3 Å². The van der Waals surface area contributed by atoms with Gasteiger partial charge in [-0.1, -0.05) is 0 Å². The Kier molecular flexibility index (Phi) is 5.30. The molecule has 0 spiro atoms. The molecule has 0 bridgehead atoms. The quantitative estimate of drug-likeness (QED) is 0.595. The van der Waals surface area contributed by atoms with Crippen molar-refractivity contribution < 1.29 is 29.4 Å². The van der Waals surface area contributed by atoms with Crippen molar-refractivity contribution in [2.45, 2.75) is 18.9 Å². The number of hydrogen-bond donors (Lipinski definition) is 3. The van der Waals surface area contributed by atoms with E-state index in [1.165, 1.54) is 9.80 Å². The van der Waals surface area contributed by atoms with Gasteiger partial charge in [0, 0.05) is 20.1 Å². The molecule has 0 unspecified atom stereocenters. The number of carbonyl (C=O) groups is 4. The fourth-order valence-corrected chi connectivity index (χ4v) is 1.77. The Labute approximate surface area is 115 Å². The molecule has 0 aromatic heterocycles. The normalized spacial score (nSPS) is 17.4. The second-order valence-electron chi connectivity index (χ2n) is 4.53. The lowest BCUT2D eigenvalue weighted by Gasteiger charge is -2.22. The van der Waals surface area contributed by atoms with Gasteiger partial charge in [-0.05, 0) is 6.42 Å². The van der Waals surface area contributed by atoms with Crippen molar-refractivity contribution in [2.24, 2.45) is 0 Å². The van der Waals surface area contributed by atoms with Gasteiger partial charge in [-0.15, -0.1) is 0 Å². The van der Waals surface area contributed by atoms with Crippen LogP contribution < -0.4 is 5.32 Å². The Morgan fingerprint density at radius 1 is 1.30 bits per heavy atom. The topological polar surface area (TPSA) is 127 Å². The number of carboxylic acid groups (broad SMARTS) is 2. The number of nitrogens with one attached hydrogen (secondary N) is 1. The Hall–Kier alpha value is -2.32. The maximum absolute atomic E-state index is 11.9. The fraction of sp³-hybridized carbons (Fsp3) is 0.636. The molecule has 0 radical (unpaired) electrons. The van der Waals surface area contributed by atoms with E-state index < -0.39 is 30.4 Å². The number of hydrogen-bond acceptors (Lipinski definition) is 4. The van der Waals surface area contributed by atoms with Crippen molar-refractivity contribution in [3.63, 3.8) is 0 Å². The molecule has 3 N–H and O–H groups in total. The maximum atomic E-state index is 11.9. The van der Waals surface area contributed by atoms with Crippen molar-refractivity contribution in [1.82, 2.24) is 15.1 Å². The van der Waals surface area contributed by atoms with Crippen LogP contribution in [-0.4, -0.2) is 76.6 Å². The molecule has 1 aliphatic rings. The second kappa shape index (κ2) is 6.73. The summed E-state index contributed by atoms with van der Waals surface area (Å²) >= 11 is 0. The third-order valence-corrected chi connectivity index (χ3v) is 2.94. The molecule has 1 atom stereocenters. The highest BCUT2D eigenvalue weighted by atomic mass is 16.4. The molecule has 9 heteroatoms. The molecule has 1 fully saturated rings. The lowest BCUT2D eigenvalue weighted by Crippen LogP contribution is -2.50. The van der Waals surface area contributed by atoms with E-state index in [2.05, 4.69) is 5.32 Å². The van der Waals surface area contributed by atoms with Gasteiger partial charge in [0.15, 0.2) is 0 Å². The molecule has 20 heavy (non-hydrogen) atoms. The van der Waals surface area contributed by atoms with Crippen LogP contribution in [0.1, 0.15) is 12.8 Å². The number of aliphatic carboxylic acids is 2. The van der Waals surface area contributed by atoms with Crippen LogP contribution in [0.25, 0.3) is 0 Å². The maximum Gasteiger partial charge on any atom is 0.326 e. The van der Waals surface area contributed by atoms with Gasteiger partial charge in [0.05, 0.1) is 6.42 Å². The van der Waals surface area contributed by atoms with Gasteiger partial charge in [-0.3, -0.25) is 9.59 Å². The minimum atomic E-state index is -1.52. The van der Waals surface area contributed by atoms with E-state index >= 15 is 0 Å². The first-order valence-corrected chi connectivity index (χ1v) is 6.05. The summed E-state index contributed by atoms with van der Waals surface area (Å²) < 4.78 is 0. The van der Waals surface area contributed by atoms with Crippen molar-refractivity contribution in [3.05, 3.63) is 0 Å². The molecule has 1 saturated heterocycles. The van der Waals surface area contributed by atoms with Crippen LogP contribution in [-0.2, 0) is 14.4 Å². The lowest BCUT2D eigenvalue weighted by atomic mass is 10.2. The Balaban J connectivity index is 2.66. The van der Waals surface area contributed by atoms with Gasteiger partial charge in [0.2, 0.25) is 5.91 Å². The van der Waals surface area contributed by atoms with E-state index in [9.17, 15) is 19.2 Å². The summed E-state index contributed by atoms with van der Waals surface area (Å²) in [6, 6.07) is -2.27. The Bertz CT molecular complexity index is 424. The van der Waals surface area contributed by atoms with Crippen LogP contribution in [0.15, 0.2) is 0 Å². The lowest BCUT2D eigenvalue weighted by molar-refractivity contribution is -0.145. The average molecular weight is 287 g/mol. The van der Waals surface area contributed by atoms with Crippen LogP contribution in [0.2, 0.25) is 0 Å². The molecule has 0 aliphatic carbocycles. The smallest absolute Gasteiger partial charge is 0.326 e. The Morgan fingerprint density at radius 3 is 2.50 bits per heavy atom. The van der Waals surface area contributed by atoms with E-state index in [1.807, 2.05) is 0 Å². The van der Waals surface area contributed by atoms with Crippen LogP contribution in [0.4, 0.5) is 4.79 Å². The van der Waals surface area contributed by atoms with Crippen molar-refractivity contribution >= 4 is 23.9 Å². The van der Waals surface area contributed by atoms with E-state index in [4.69, 9.17) is 10.2 Å². The zero-order valence-corrected chi connectivity index (χ0v) is 11.0. The number of nitrogens with zero attached hydrogens (tertiary/aromatic N) is 2. The molecule has 1 heterocycles. The summed E-state index contributed by atoms with van der Waals surface area (Å²) in [6.45, 7) is 0.670. The largest absolute Gasteiger partial charge is 0.481 e. The van der Waals surface area contributed by atoms with E-state index in [1.54, 1.807) is 7.05 Å². The monoisotopic (exact) mass is 287 g/mol. The molecule has 1 aliphatic heterocycles. The van der Waals surface area contributed by atoms with Gasteiger partial charge in [-0.25, -0.2) is 9.59 Å². The van der Waals surface area contributed by atoms with Gasteiger partial charge in [0.1, 0.15) is 12.6 Å². The molecule has 0 saturated carbocycles. The third-order valence-electron chi connectivity index (χ3n) is 2.94. The van der Waals surface area contributed by atoms with Crippen LogP contribution in [0.5, 0.6) is 0 Å². The van der Waals surface area contributed by atoms with E-state index in [-0.39, 0.29) is 12.5 Å². The molecule has 112 valence electrons. The first-order chi connectivity index (χ1) is 9.31. The van der Waals surface area contributed by atoms with E-state index in [0.29, 0.717) is 19.5 Å². The number of carboxylic acids is 2. The van der Waals surface area contributed by atoms with Crippen LogP contribution in [0, 0.1) is 0 Å². The Morgan fingerprint density at radius 2 is 1.95 bits per heavy atom. The molecule has 9 nitrogen and oxygen atoms in total. The molecule has 0 aromatic rings. The highest BCUT2D eigenvalue weighted by Crippen LogP contribution is 2.04. The van der Waals surface area contributed by atoms with Crippen molar-refractivity contribution in [3.8, 4) is 0 Å². The van der Waals surface area contributed by atoms with Gasteiger partial charge in [0.25, 0.3) is 0 Å². The standard InChI is InChI=1S/C11H17N3O6/c1-13-3-2-4-14(6-8(13)15)11(20)12-7(10(18)19)5-9(16)17/h7H,2-6H2,1H3,(H,12,20)(H,16,17)(H,18,19)/t7-/m1/s1. The zero-order valence-electron chi connectivity index (χ0n) is 11.0. The SMILES string of the molecule is CN1CCCN(C(=O)N[C@H](CC(=O)O)C(=O)O)CC1=O. The van der Waals surface area contributed by atoms with E-state index in [0.717, 1.165) is 0 Å². The van der Waals surface area contributed by atoms with Crippen LogP contribution >= 0.6 is 0 Å². The predicted molar refractivity (Wildman–Crippen MR) is 66.0 cm³/mol. The highest BCUT2D eigenvalue weighted by Gasteiger charge is 2.28. The highest BCUT2D eigenvalue weighted by molar-refractivity contribution is 5.88. The molecule has 1 rings (SSSR count). The summed E-state index contributed by atoms with van der Waals surface area (Å²) in [7, 11) is 1.62. The number of carbonyl (C=O) groups excluding carboxylic acids is 2. The van der Waals surface area contributed by atoms with Gasteiger partial charge in [-0.2, -0.15) is 0 Å². The first kappa shape index (κ1) is 15.7. The fourth-order valence-electron chi connectivity index (χ4n) is 1.77. The minimum Gasteiger partial charge on any atom is -0.481 e. The second-order valence-corrected chi connectivity index (χ2v) is 4.53. The summed E-state index contributed by atoms with van der Waals surface area (Å²) in [6.07, 6.45) is -0.144. The number of amides is 3. The summed E-state index contributed by atoms with van der Waals surface area (Å²) in [5.74, 6) is -3.01. The molecular formula is C11H17N3O6. The van der Waals surface area contributed by atoms with Gasteiger partial charge >= 0.3 is 18.0 Å². The zero-order chi connectivity index (χ0) is 15.3. The van der Waals surface area contributed by atoms with Crippen molar-refractivity contribution in [1.29, 1.82) is 0 Å². The molecule has 0 aromatic carbocycles. The van der Waals surface area contributed by atoms with Crippen LogP contribution in [0.3, 0.4) is 0 Å². The minimum absolute atomic E-state index is 0.151. The number of likely N-dealkylation sites (N-methyl/N-ethyl adjacent to an activating group) is 1. The number of urea groups is 1. The number of rotatable bonds is 4. The molecular weight excluding hydrogens is 270 g/mol. The first-order valence-electron chi connectivity index (χ1n) is 6.05.